The van der Waals surface area contributed by atoms with E-state index < -0.39 is 17.4 Å². The van der Waals surface area contributed by atoms with Gasteiger partial charge in [0, 0.05) is 11.0 Å². The number of benzene rings is 2. The number of rotatable bonds is 4. The minimum atomic E-state index is -1.20. The first-order chi connectivity index (χ1) is 10.4. The molecule has 0 fully saturated rings. The molecule has 0 aliphatic rings. The van der Waals surface area contributed by atoms with E-state index in [4.69, 9.17) is 0 Å². The molecule has 0 aliphatic heterocycles. The number of carbonyl (C=O) groups excluding carboxylic acids is 2. The summed E-state index contributed by atoms with van der Waals surface area (Å²) in [4.78, 5) is 22.8. The summed E-state index contributed by atoms with van der Waals surface area (Å²) in [7, 11) is 1.33. The molecule has 0 aromatic heterocycles. The van der Waals surface area contributed by atoms with Crippen molar-refractivity contribution in [1.29, 1.82) is 0 Å². The molecule has 0 spiro atoms. The molecule has 4 heteroatoms. The van der Waals surface area contributed by atoms with Gasteiger partial charge in [-0.1, -0.05) is 50.2 Å². The highest BCUT2D eigenvalue weighted by atomic mass is 16.5. The molecule has 0 atom stereocenters. The van der Waals surface area contributed by atoms with Crippen LogP contribution in [0, 0.1) is 0 Å². The molecule has 0 saturated carbocycles. The monoisotopic (exact) mass is 297 g/mol. The van der Waals surface area contributed by atoms with Gasteiger partial charge in [0.15, 0.2) is 0 Å². The number of carboxylic acids is 1. The Labute approximate surface area is 129 Å². The van der Waals surface area contributed by atoms with Gasteiger partial charge in [0.1, 0.15) is 0 Å². The van der Waals surface area contributed by atoms with Crippen molar-refractivity contribution in [2.75, 3.05) is 7.11 Å². The van der Waals surface area contributed by atoms with E-state index in [1.165, 1.54) is 13.2 Å². The van der Waals surface area contributed by atoms with Crippen molar-refractivity contribution < 1.29 is 19.4 Å². The first kappa shape index (κ1) is 15.8. The van der Waals surface area contributed by atoms with Gasteiger partial charge in [-0.15, -0.1) is 0 Å². The second kappa shape index (κ2) is 6.02. The molecule has 2 rings (SSSR count). The molecule has 114 valence electrons. The van der Waals surface area contributed by atoms with Gasteiger partial charge in [0.25, 0.3) is 0 Å². The van der Waals surface area contributed by atoms with E-state index in [2.05, 4.69) is 4.74 Å². The van der Waals surface area contributed by atoms with Crippen LogP contribution in [0.5, 0.6) is 0 Å². The summed E-state index contributed by atoms with van der Waals surface area (Å²) in [6, 6.07) is 13.7. The van der Waals surface area contributed by atoms with E-state index >= 15 is 0 Å². The smallest absolute Gasteiger partial charge is 0.337 e. The summed E-state index contributed by atoms with van der Waals surface area (Å²) in [6.45, 7) is 3.86. The number of hydrogen-bond acceptors (Lipinski definition) is 4. The molecular formula is C18H17O4-. The lowest BCUT2D eigenvalue weighted by atomic mass is 9.76. The molecule has 0 saturated heterocycles. The summed E-state index contributed by atoms with van der Waals surface area (Å²) < 4.78 is 4.67. The molecular weight excluding hydrogens is 280 g/mol. The first-order valence-electron chi connectivity index (χ1n) is 6.87. The number of aromatic carboxylic acids is 1. The fraction of sp³-hybridized carbons (Fsp3) is 0.222. The highest BCUT2D eigenvalue weighted by Gasteiger charge is 2.26. The van der Waals surface area contributed by atoms with Gasteiger partial charge in [-0.25, -0.2) is 4.79 Å². The number of esters is 1. The van der Waals surface area contributed by atoms with Crippen molar-refractivity contribution in [2.24, 2.45) is 0 Å². The molecule has 2 aromatic carbocycles. The molecule has 0 aliphatic carbocycles. The molecule has 2 aromatic rings. The number of ether oxygens (including phenoxy) is 1. The Hall–Kier alpha value is -2.62. The Morgan fingerprint density at radius 1 is 1.00 bits per heavy atom. The second-order valence-electron chi connectivity index (χ2n) is 5.53. The lowest BCUT2D eigenvalue weighted by Crippen LogP contribution is -2.29. The Bertz CT molecular complexity index is 699. The maximum Gasteiger partial charge on any atom is 0.337 e. The molecule has 0 unspecified atom stereocenters. The SMILES string of the molecule is COC(=O)c1ccc(C(C)(C)c2ccccc2C(=O)[O-])cc1. The van der Waals surface area contributed by atoms with Crippen molar-refractivity contribution in [3.63, 3.8) is 0 Å². The molecule has 0 heterocycles. The van der Waals surface area contributed by atoms with Gasteiger partial charge in [-0.3, -0.25) is 0 Å². The highest BCUT2D eigenvalue weighted by Crippen LogP contribution is 2.33. The van der Waals surface area contributed by atoms with Gasteiger partial charge < -0.3 is 14.6 Å². The number of methoxy groups -OCH3 is 1. The van der Waals surface area contributed by atoms with Crippen molar-refractivity contribution in [1.82, 2.24) is 0 Å². The summed E-state index contributed by atoms with van der Waals surface area (Å²) in [5, 5.41) is 11.3. The number of carbonyl (C=O) groups is 2. The minimum Gasteiger partial charge on any atom is -0.545 e. The van der Waals surface area contributed by atoms with E-state index in [0.29, 0.717) is 11.1 Å². The van der Waals surface area contributed by atoms with Crippen molar-refractivity contribution in [3.05, 3.63) is 70.8 Å². The van der Waals surface area contributed by atoms with Crippen molar-refractivity contribution in [3.8, 4) is 0 Å². The zero-order valence-electron chi connectivity index (χ0n) is 12.8. The Balaban J connectivity index is 2.47. The van der Waals surface area contributed by atoms with Crippen LogP contribution in [-0.4, -0.2) is 19.0 Å². The van der Waals surface area contributed by atoms with Gasteiger partial charge in [0.05, 0.1) is 18.6 Å². The van der Waals surface area contributed by atoms with Crippen LogP contribution < -0.4 is 5.11 Å². The van der Waals surface area contributed by atoms with E-state index in [1.807, 2.05) is 13.8 Å². The number of carboxylic acid groups (broad SMARTS) is 1. The van der Waals surface area contributed by atoms with Crippen LogP contribution in [-0.2, 0) is 10.2 Å². The zero-order chi connectivity index (χ0) is 16.3. The normalized spacial score (nSPS) is 11.0. The molecule has 0 bridgehead atoms. The van der Waals surface area contributed by atoms with Crippen molar-refractivity contribution in [2.45, 2.75) is 19.3 Å². The lowest BCUT2D eigenvalue weighted by molar-refractivity contribution is -0.255. The standard InChI is InChI=1S/C18H18O4/c1-18(2,15-7-5-4-6-14(15)16(19)20)13-10-8-12(9-11-13)17(21)22-3/h4-11H,1-3H3,(H,19,20)/p-1. The summed E-state index contributed by atoms with van der Waals surface area (Å²) in [6.07, 6.45) is 0. The van der Waals surface area contributed by atoms with Crippen LogP contribution in [0.25, 0.3) is 0 Å². The van der Waals surface area contributed by atoms with Crippen LogP contribution >= 0.6 is 0 Å². The third-order valence-corrected chi connectivity index (χ3v) is 3.85. The van der Waals surface area contributed by atoms with Crippen LogP contribution in [0.4, 0.5) is 0 Å². The maximum absolute atomic E-state index is 11.5. The summed E-state index contributed by atoms with van der Waals surface area (Å²) in [5.41, 5.74) is 1.65. The third kappa shape index (κ3) is 2.86. The lowest BCUT2D eigenvalue weighted by Gasteiger charge is -2.29. The molecule has 0 N–H and O–H groups in total. The molecule has 22 heavy (non-hydrogen) atoms. The maximum atomic E-state index is 11.5. The molecule has 0 amide bonds. The second-order valence-corrected chi connectivity index (χ2v) is 5.53. The fourth-order valence-corrected chi connectivity index (χ4v) is 2.50. The molecule has 4 nitrogen and oxygen atoms in total. The molecule has 0 radical (unpaired) electrons. The summed E-state index contributed by atoms with van der Waals surface area (Å²) >= 11 is 0. The van der Waals surface area contributed by atoms with Crippen LogP contribution in [0.3, 0.4) is 0 Å². The Morgan fingerprint density at radius 2 is 1.59 bits per heavy atom. The van der Waals surface area contributed by atoms with E-state index in [0.717, 1.165) is 5.56 Å². The predicted octanol–water partition coefficient (Wildman–Crippen LogP) is 2.16. The first-order valence-corrected chi connectivity index (χ1v) is 6.87. The Kier molecular flexibility index (Phi) is 4.31. The zero-order valence-corrected chi connectivity index (χ0v) is 12.8. The Morgan fingerprint density at radius 3 is 2.14 bits per heavy atom. The predicted molar refractivity (Wildman–Crippen MR) is 80.7 cm³/mol. The quantitative estimate of drug-likeness (QED) is 0.811. The van der Waals surface area contributed by atoms with Crippen molar-refractivity contribution >= 4 is 11.9 Å². The van der Waals surface area contributed by atoms with Crippen LogP contribution in [0.1, 0.15) is 45.7 Å². The van der Waals surface area contributed by atoms with Crippen LogP contribution in [0.2, 0.25) is 0 Å². The van der Waals surface area contributed by atoms with Gasteiger partial charge >= 0.3 is 5.97 Å². The fourth-order valence-electron chi connectivity index (χ4n) is 2.50. The minimum absolute atomic E-state index is 0.171. The van der Waals surface area contributed by atoms with E-state index in [-0.39, 0.29) is 5.56 Å². The van der Waals surface area contributed by atoms with Gasteiger partial charge in [0.2, 0.25) is 0 Å². The average molecular weight is 297 g/mol. The van der Waals surface area contributed by atoms with E-state index in [1.54, 1.807) is 42.5 Å². The average Bonchev–Trinajstić information content (AvgIpc) is 2.54. The largest absolute Gasteiger partial charge is 0.545 e. The topological polar surface area (TPSA) is 66.4 Å². The van der Waals surface area contributed by atoms with Gasteiger partial charge in [-0.05, 0) is 23.3 Å². The number of hydrogen-bond donors (Lipinski definition) is 0. The van der Waals surface area contributed by atoms with E-state index in [9.17, 15) is 14.7 Å². The van der Waals surface area contributed by atoms with Gasteiger partial charge in [-0.2, -0.15) is 0 Å². The summed E-state index contributed by atoms with van der Waals surface area (Å²) in [5.74, 6) is -1.60. The van der Waals surface area contributed by atoms with Crippen LogP contribution in [0.15, 0.2) is 48.5 Å². The highest BCUT2D eigenvalue weighted by molar-refractivity contribution is 5.90. The third-order valence-electron chi connectivity index (χ3n) is 3.85.